The van der Waals surface area contributed by atoms with Crippen molar-refractivity contribution in [3.8, 4) is 0 Å². The topological polar surface area (TPSA) is 38.5 Å². The smallest absolute Gasteiger partial charge is 0.375 e. The summed E-state index contributed by atoms with van der Waals surface area (Å²) in [5.74, 6) is -1.14. The van der Waals surface area contributed by atoms with Crippen LogP contribution in [-0.2, 0) is 4.74 Å². The average Bonchev–Trinajstić information content (AvgIpc) is 2.94. The molecule has 21 heavy (non-hydrogen) atoms. The Kier molecular flexibility index (Phi) is 4.23. The Hall–Kier alpha value is -0.330. The van der Waals surface area contributed by atoms with Crippen molar-refractivity contribution in [2.24, 2.45) is 11.7 Å². The number of fused-ring (bicyclic) bond motifs is 1. The van der Waals surface area contributed by atoms with Gasteiger partial charge in [-0.05, 0) is 44.9 Å². The van der Waals surface area contributed by atoms with Gasteiger partial charge in [0.1, 0.15) is 0 Å². The molecule has 3 rings (SSSR count). The fraction of sp³-hybridized carbons (Fsp3) is 1.00. The van der Waals surface area contributed by atoms with E-state index in [4.69, 9.17) is 10.5 Å². The number of morpholine rings is 1. The minimum atomic E-state index is -4.05. The van der Waals surface area contributed by atoms with Crippen molar-refractivity contribution in [3.63, 3.8) is 0 Å². The molecule has 0 aromatic carbocycles. The predicted octanol–water partition coefficient (Wildman–Crippen LogP) is 2.69. The highest BCUT2D eigenvalue weighted by Gasteiger charge is 2.51. The van der Waals surface area contributed by atoms with Gasteiger partial charge in [-0.2, -0.15) is 13.2 Å². The number of nitrogens with two attached hydrogens (primary N) is 1. The fourth-order valence-electron chi connectivity index (χ4n) is 4.61. The van der Waals surface area contributed by atoms with Crippen LogP contribution in [-0.4, -0.2) is 48.5 Å². The number of halogens is 3. The molecule has 1 heterocycles. The van der Waals surface area contributed by atoms with Crippen LogP contribution >= 0.6 is 0 Å². The molecular weight excluding hydrogens is 281 g/mol. The lowest BCUT2D eigenvalue weighted by Crippen LogP contribution is -2.64. The van der Waals surface area contributed by atoms with Gasteiger partial charge >= 0.3 is 6.18 Å². The molecular formula is C15H25F3N2O. The minimum absolute atomic E-state index is 0.218. The fourth-order valence-corrected chi connectivity index (χ4v) is 4.61. The van der Waals surface area contributed by atoms with E-state index < -0.39 is 12.1 Å². The molecule has 6 heteroatoms. The van der Waals surface area contributed by atoms with E-state index >= 15 is 0 Å². The molecule has 1 saturated heterocycles. The quantitative estimate of drug-likeness (QED) is 0.852. The van der Waals surface area contributed by atoms with Gasteiger partial charge in [0.2, 0.25) is 0 Å². The summed E-state index contributed by atoms with van der Waals surface area (Å²) < 4.78 is 44.5. The van der Waals surface area contributed by atoms with E-state index in [0.717, 1.165) is 25.8 Å². The van der Waals surface area contributed by atoms with Crippen LogP contribution in [0.5, 0.6) is 0 Å². The maximum atomic E-state index is 12.9. The summed E-state index contributed by atoms with van der Waals surface area (Å²) in [6.07, 6.45) is 1.10. The van der Waals surface area contributed by atoms with Gasteiger partial charge in [-0.3, -0.25) is 4.90 Å². The van der Waals surface area contributed by atoms with Crippen LogP contribution in [0.15, 0.2) is 0 Å². The van der Waals surface area contributed by atoms with Crippen LogP contribution in [0.2, 0.25) is 0 Å². The second-order valence-electron chi connectivity index (χ2n) is 6.85. The number of ether oxygens (including phenoxy) is 1. The molecule has 0 bridgehead atoms. The monoisotopic (exact) mass is 306 g/mol. The van der Waals surface area contributed by atoms with Gasteiger partial charge in [-0.25, -0.2) is 0 Å². The van der Waals surface area contributed by atoms with E-state index in [9.17, 15) is 13.2 Å². The zero-order valence-corrected chi connectivity index (χ0v) is 12.4. The van der Waals surface area contributed by atoms with Crippen LogP contribution in [0.4, 0.5) is 13.2 Å². The van der Waals surface area contributed by atoms with Crippen molar-refractivity contribution in [2.75, 3.05) is 19.7 Å². The maximum absolute atomic E-state index is 12.9. The van der Waals surface area contributed by atoms with Gasteiger partial charge < -0.3 is 10.5 Å². The van der Waals surface area contributed by atoms with Crippen molar-refractivity contribution < 1.29 is 17.9 Å². The molecule has 0 amide bonds. The molecule has 2 atom stereocenters. The molecule has 3 nitrogen and oxygen atoms in total. The minimum Gasteiger partial charge on any atom is -0.375 e. The number of alkyl halides is 3. The van der Waals surface area contributed by atoms with E-state index in [0.29, 0.717) is 32.0 Å². The van der Waals surface area contributed by atoms with Crippen LogP contribution in [0.25, 0.3) is 0 Å². The van der Waals surface area contributed by atoms with Crippen molar-refractivity contribution in [1.29, 1.82) is 0 Å². The Morgan fingerprint density at radius 3 is 2.48 bits per heavy atom. The first-order valence-corrected chi connectivity index (χ1v) is 8.11. The van der Waals surface area contributed by atoms with E-state index in [1.54, 1.807) is 0 Å². The van der Waals surface area contributed by atoms with Crippen LogP contribution < -0.4 is 5.73 Å². The lowest BCUT2D eigenvalue weighted by molar-refractivity contribution is -0.193. The highest BCUT2D eigenvalue weighted by molar-refractivity contribution is 5.03. The third-order valence-corrected chi connectivity index (χ3v) is 5.85. The molecule has 3 fully saturated rings. The Morgan fingerprint density at radius 2 is 1.86 bits per heavy atom. The largest absolute Gasteiger partial charge is 0.391 e. The zero-order chi connectivity index (χ0) is 15.1. The number of nitrogens with zero attached hydrogens (tertiary/aromatic N) is 1. The lowest BCUT2D eigenvalue weighted by Gasteiger charge is -2.53. The molecule has 2 aliphatic carbocycles. The van der Waals surface area contributed by atoms with Crippen molar-refractivity contribution in [2.45, 2.75) is 68.8 Å². The lowest BCUT2D eigenvalue weighted by atomic mass is 9.74. The molecule has 1 aliphatic heterocycles. The third kappa shape index (κ3) is 2.82. The molecule has 3 aliphatic rings. The van der Waals surface area contributed by atoms with Crippen LogP contribution in [0.1, 0.15) is 44.9 Å². The summed E-state index contributed by atoms with van der Waals surface area (Å²) in [4.78, 5) is 2.42. The van der Waals surface area contributed by atoms with Crippen molar-refractivity contribution in [1.82, 2.24) is 4.90 Å². The van der Waals surface area contributed by atoms with E-state index in [-0.39, 0.29) is 24.5 Å². The zero-order valence-electron chi connectivity index (χ0n) is 12.4. The first-order chi connectivity index (χ1) is 9.96. The summed E-state index contributed by atoms with van der Waals surface area (Å²) in [5, 5.41) is 0. The first-order valence-electron chi connectivity index (χ1n) is 8.11. The maximum Gasteiger partial charge on any atom is 0.391 e. The van der Waals surface area contributed by atoms with Gasteiger partial charge in [-0.15, -0.1) is 0 Å². The average molecular weight is 306 g/mol. The summed E-state index contributed by atoms with van der Waals surface area (Å²) in [6.45, 7) is 1.96. The molecule has 2 N–H and O–H groups in total. The summed E-state index contributed by atoms with van der Waals surface area (Å²) >= 11 is 0. The Balaban J connectivity index is 1.72. The van der Waals surface area contributed by atoms with Crippen LogP contribution in [0.3, 0.4) is 0 Å². The van der Waals surface area contributed by atoms with E-state index in [1.165, 1.54) is 0 Å². The Labute approximate surface area is 124 Å². The highest BCUT2D eigenvalue weighted by Crippen LogP contribution is 2.45. The number of rotatable bonds is 2. The summed E-state index contributed by atoms with van der Waals surface area (Å²) in [6, 6.07) is 0.365. The van der Waals surface area contributed by atoms with E-state index in [1.807, 2.05) is 0 Å². The molecule has 0 radical (unpaired) electrons. The normalized spacial score (nSPS) is 42.0. The van der Waals surface area contributed by atoms with Gasteiger partial charge in [0.05, 0.1) is 18.6 Å². The summed E-state index contributed by atoms with van der Waals surface area (Å²) in [5.41, 5.74) is 5.81. The third-order valence-electron chi connectivity index (χ3n) is 5.85. The molecule has 2 saturated carbocycles. The molecule has 2 unspecified atom stereocenters. The Morgan fingerprint density at radius 1 is 1.14 bits per heavy atom. The first kappa shape index (κ1) is 15.6. The van der Waals surface area contributed by atoms with Gasteiger partial charge in [0, 0.05) is 24.7 Å². The number of hydrogen-bond donors (Lipinski definition) is 1. The standard InChI is InChI=1S/C15H25F3N2O/c16-15(17,18)11-4-6-14(10-19,7-5-11)20-8-9-21-13-3-1-2-12(13)20/h11-13H,1-10,19H2. The van der Waals surface area contributed by atoms with Crippen molar-refractivity contribution >= 4 is 0 Å². The second-order valence-corrected chi connectivity index (χ2v) is 6.85. The highest BCUT2D eigenvalue weighted by atomic mass is 19.4. The molecule has 0 aromatic rings. The number of hydrogen-bond acceptors (Lipinski definition) is 3. The van der Waals surface area contributed by atoms with Gasteiger partial charge in [0.25, 0.3) is 0 Å². The Bertz CT molecular complexity index is 366. The van der Waals surface area contributed by atoms with Crippen LogP contribution in [0, 0.1) is 5.92 Å². The van der Waals surface area contributed by atoms with Gasteiger partial charge in [-0.1, -0.05) is 0 Å². The summed E-state index contributed by atoms with van der Waals surface area (Å²) in [7, 11) is 0. The predicted molar refractivity (Wildman–Crippen MR) is 73.9 cm³/mol. The van der Waals surface area contributed by atoms with E-state index in [2.05, 4.69) is 4.90 Å². The SMILES string of the molecule is NCC1(N2CCOC3CCCC32)CCC(C(F)(F)F)CC1. The second kappa shape index (κ2) is 5.70. The van der Waals surface area contributed by atoms with Gasteiger partial charge in [0.15, 0.2) is 0 Å². The van der Waals surface area contributed by atoms with Crippen molar-refractivity contribution in [3.05, 3.63) is 0 Å². The molecule has 122 valence electrons. The molecule has 0 spiro atoms. The molecule has 0 aromatic heterocycles.